The summed E-state index contributed by atoms with van der Waals surface area (Å²) >= 11 is 0. The number of hydrogen-bond donors (Lipinski definition) is 3. The first kappa shape index (κ1) is 18.8. The van der Waals surface area contributed by atoms with Gasteiger partial charge < -0.3 is 20.1 Å². The van der Waals surface area contributed by atoms with E-state index in [4.69, 9.17) is 9.84 Å². The van der Waals surface area contributed by atoms with Crippen LogP contribution in [-0.2, 0) is 4.74 Å². The Morgan fingerprint density at radius 1 is 0.947 bits per heavy atom. The summed E-state index contributed by atoms with van der Waals surface area (Å²) in [5.74, 6) is 0. The maximum absolute atomic E-state index is 10.1. The van der Waals surface area contributed by atoms with Crippen LogP contribution in [0, 0.1) is 0 Å². The van der Waals surface area contributed by atoms with Crippen molar-refractivity contribution in [2.75, 3.05) is 19.8 Å². The van der Waals surface area contributed by atoms with Crippen LogP contribution < -0.4 is 0 Å². The van der Waals surface area contributed by atoms with E-state index < -0.39 is 11.7 Å². The smallest absolute Gasteiger partial charge is 0.106 e. The van der Waals surface area contributed by atoms with E-state index in [2.05, 4.69) is 13.8 Å². The summed E-state index contributed by atoms with van der Waals surface area (Å²) in [5, 5.41) is 28.4. The van der Waals surface area contributed by atoms with Gasteiger partial charge in [0.05, 0.1) is 25.4 Å². The van der Waals surface area contributed by atoms with E-state index in [1.54, 1.807) is 0 Å². The van der Waals surface area contributed by atoms with E-state index in [-0.39, 0.29) is 19.8 Å². The zero-order chi connectivity index (χ0) is 14.6. The van der Waals surface area contributed by atoms with Gasteiger partial charge in [-0.05, 0) is 12.8 Å². The van der Waals surface area contributed by atoms with Crippen molar-refractivity contribution in [2.24, 2.45) is 0 Å². The summed E-state index contributed by atoms with van der Waals surface area (Å²) in [6.45, 7) is 4.14. The second-order valence-corrected chi connectivity index (χ2v) is 5.25. The molecule has 0 aromatic carbocycles. The number of hydrogen-bond acceptors (Lipinski definition) is 4. The third-order valence-corrected chi connectivity index (χ3v) is 3.67. The Morgan fingerprint density at radius 3 is 1.84 bits per heavy atom. The minimum atomic E-state index is -0.868. The van der Waals surface area contributed by atoms with Gasteiger partial charge in [-0.2, -0.15) is 0 Å². The molecule has 19 heavy (non-hydrogen) atoms. The van der Waals surface area contributed by atoms with E-state index in [0.29, 0.717) is 0 Å². The summed E-state index contributed by atoms with van der Waals surface area (Å²) < 4.78 is 5.76. The molecule has 1 unspecified atom stereocenters. The zero-order valence-electron chi connectivity index (χ0n) is 12.6. The number of rotatable bonds is 13. The Hall–Kier alpha value is -0.160. The molecule has 0 bridgehead atoms. The normalized spacial score (nSPS) is 13.7. The third-order valence-electron chi connectivity index (χ3n) is 3.67. The summed E-state index contributed by atoms with van der Waals surface area (Å²) in [5.41, 5.74) is -0.693. The molecule has 1 atom stereocenters. The van der Waals surface area contributed by atoms with Gasteiger partial charge in [0.25, 0.3) is 0 Å². The molecule has 3 N–H and O–H groups in total. The average Bonchev–Trinajstić information content (AvgIpc) is 2.43. The van der Waals surface area contributed by atoms with Crippen LogP contribution in [0.2, 0.25) is 0 Å². The van der Waals surface area contributed by atoms with Gasteiger partial charge in [0, 0.05) is 0 Å². The second-order valence-electron chi connectivity index (χ2n) is 5.25. The molecule has 0 rings (SSSR count). The van der Waals surface area contributed by atoms with Gasteiger partial charge in [-0.25, -0.2) is 0 Å². The van der Waals surface area contributed by atoms with Crippen LogP contribution in [0.3, 0.4) is 0 Å². The molecule has 0 fully saturated rings. The SMILES string of the molecule is CCCCCC(CCCCC)(OCCO)C(O)CO. The third kappa shape index (κ3) is 7.25. The van der Waals surface area contributed by atoms with Crippen LogP contribution in [-0.4, -0.2) is 46.8 Å². The number of aliphatic hydroxyl groups is 3. The van der Waals surface area contributed by atoms with Crippen LogP contribution in [0.25, 0.3) is 0 Å². The fourth-order valence-corrected chi connectivity index (χ4v) is 2.46. The number of unbranched alkanes of at least 4 members (excludes halogenated alkanes) is 4. The van der Waals surface area contributed by atoms with Crippen molar-refractivity contribution in [1.29, 1.82) is 0 Å². The molecule has 0 saturated heterocycles. The molecule has 0 saturated carbocycles. The summed E-state index contributed by atoms with van der Waals surface area (Å²) in [6.07, 6.45) is 6.98. The zero-order valence-corrected chi connectivity index (χ0v) is 12.6. The molecular formula is C15H32O4. The lowest BCUT2D eigenvalue weighted by Crippen LogP contribution is -2.47. The highest BCUT2D eigenvalue weighted by atomic mass is 16.5. The van der Waals surface area contributed by atoms with E-state index in [9.17, 15) is 10.2 Å². The highest BCUT2D eigenvalue weighted by Gasteiger charge is 2.37. The van der Waals surface area contributed by atoms with E-state index in [1.807, 2.05) is 0 Å². The average molecular weight is 276 g/mol. The van der Waals surface area contributed by atoms with E-state index >= 15 is 0 Å². The fourth-order valence-electron chi connectivity index (χ4n) is 2.46. The first-order chi connectivity index (χ1) is 9.16. The highest BCUT2D eigenvalue weighted by Crippen LogP contribution is 2.30. The Labute approximate surface area is 117 Å². The minimum Gasteiger partial charge on any atom is -0.394 e. The van der Waals surface area contributed by atoms with E-state index in [0.717, 1.165) is 51.4 Å². The molecule has 4 heteroatoms. The van der Waals surface area contributed by atoms with Crippen LogP contribution >= 0.6 is 0 Å². The molecule has 0 aliphatic heterocycles. The summed E-state index contributed by atoms with van der Waals surface area (Å²) in [6, 6.07) is 0. The van der Waals surface area contributed by atoms with Crippen molar-refractivity contribution < 1.29 is 20.1 Å². The van der Waals surface area contributed by atoms with Crippen molar-refractivity contribution in [3.63, 3.8) is 0 Å². The van der Waals surface area contributed by atoms with Crippen molar-refractivity contribution in [3.05, 3.63) is 0 Å². The summed E-state index contributed by atoms with van der Waals surface area (Å²) in [7, 11) is 0. The van der Waals surface area contributed by atoms with Gasteiger partial charge in [-0.1, -0.05) is 52.4 Å². The topological polar surface area (TPSA) is 69.9 Å². The van der Waals surface area contributed by atoms with Crippen LogP contribution in [0.15, 0.2) is 0 Å². The molecule has 0 aliphatic rings. The molecule has 0 aromatic rings. The molecule has 0 heterocycles. The molecule has 116 valence electrons. The van der Waals surface area contributed by atoms with Crippen molar-refractivity contribution in [1.82, 2.24) is 0 Å². The predicted molar refractivity (Wildman–Crippen MR) is 77.1 cm³/mol. The fraction of sp³-hybridized carbons (Fsp3) is 1.00. The minimum absolute atomic E-state index is 0.0541. The highest BCUT2D eigenvalue weighted by molar-refractivity contribution is 4.88. The number of aliphatic hydroxyl groups excluding tert-OH is 3. The maximum Gasteiger partial charge on any atom is 0.106 e. The molecule has 0 spiro atoms. The molecular weight excluding hydrogens is 244 g/mol. The Morgan fingerprint density at radius 2 is 1.47 bits per heavy atom. The summed E-state index contributed by atoms with van der Waals surface area (Å²) in [4.78, 5) is 0. The van der Waals surface area contributed by atoms with Crippen molar-refractivity contribution in [3.8, 4) is 0 Å². The lowest BCUT2D eigenvalue weighted by Gasteiger charge is -2.37. The maximum atomic E-state index is 10.1. The van der Waals surface area contributed by atoms with Crippen LogP contribution in [0.5, 0.6) is 0 Å². The monoisotopic (exact) mass is 276 g/mol. The Bertz CT molecular complexity index is 187. The van der Waals surface area contributed by atoms with Crippen molar-refractivity contribution in [2.45, 2.75) is 76.9 Å². The van der Waals surface area contributed by atoms with Crippen LogP contribution in [0.4, 0.5) is 0 Å². The van der Waals surface area contributed by atoms with Gasteiger partial charge in [0.2, 0.25) is 0 Å². The molecule has 0 aromatic heterocycles. The van der Waals surface area contributed by atoms with Gasteiger partial charge in [0.15, 0.2) is 0 Å². The van der Waals surface area contributed by atoms with Crippen molar-refractivity contribution >= 4 is 0 Å². The Kier molecular flexibility index (Phi) is 11.6. The number of ether oxygens (including phenoxy) is 1. The predicted octanol–water partition coefficient (Wildman–Crippen LogP) is 2.25. The second kappa shape index (κ2) is 11.6. The van der Waals surface area contributed by atoms with Gasteiger partial charge in [-0.3, -0.25) is 0 Å². The quantitative estimate of drug-likeness (QED) is 0.451. The molecule has 0 amide bonds. The molecule has 0 aliphatic carbocycles. The van der Waals surface area contributed by atoms with Gasteiger partial charge >= 0.3 is 0 Å². The Balaban J connectivity index is 4.64. The first-order valence-corrected chi connectivity index (χ1v) is 7.70. The van der Waals surface area contributed by atoms with Gasteiger partial charge in [-0.15, -0.1) is 0 Å². The molecule has 4 nitrogen and oxygen atoms in total. The standard InChI is InChI=1S/C15H32O4/c1-3-5-7-9-15(14(18)13-17,19-12-11-16)10-8-6-4-2/h14,16-18H,3-13H2,1-2H3. The first-order valence-electron chi connectivity index (χ1n) is 7.70. The largest absolute Gasteiger partial charge is 0.394 e. The van der Waals surface area contributed by atoms with E-state index in [1.165, 1.54) is 0 Å². The lowest BCUT2D eigenvalue weighted by molar-refractivity contribution is -0.152. The molecule has 0 radical (unpaired) electrons. The van der Waals surface area contributed by atoms with Crippen LogP contribution in [0.1, 0.15) is 65.2 Å². The van der Waals surface area contributed by atoms with Gasteiger partial charge in [0.1, 0.15) is 6.10 Å². The lowest BCUT2D eigenvalue weighted by atomic mass is 9.85.